The van der Waals surface area contributed by atoms with Crippen molar-refractivity contribution in [1.82, 2.24) is 20.0 Å². The maximum absolute atomic E-state index is 12.0. The van der Waals surface area contributed by atoms with Crippen molar-refractivity contribution in [2.75, 3.05) is 13.1 Å². The lowest BCUT2D eigenvalue weighted by Gasteiger charge is -2.34. The number of nitrogens with one attached hydrogen (secondary N) is 1. The average molecular weight is 282 g/mol. The molecule has 0 aliphatic carbocycles. The Hall–Kier alpha value is -2.05. The first-order valence-electron chi connectivity index (χ1n) is 6.46. The Morgan fingerprint density at radius 1 is 1.45 bits per heavy atom. The lowest BCUT2D eigenvalue weighted by Crippen LogP contribution is -2.52. The van der Waals surface area contributed by atoms with Crippen LogP contribution in [-0.2, 0) is 11.3 Å². The van der Waals surface area contributed by atoms with Gasteiger partial charge in [-0.1, -0.05) is 0 Å². The minimum absolute atomic E-state index is 0.323. The topological polar surface area (TPSA) is 87.5 Å². The monoisotopic (exact) mass is 282 g/mol. The predicted molar refractivity (Wildman–Crippen MR) is 74.5 cm³/mol. The van der Waals surface area contributed by atoms with Gasteiger partial charge in [0, 0.05) is 18.3 Å². The van der Waals surface area contributed by atoms with Gasteiger partial charge in [0.2, 0.25) is 0 Å². The molecule has 2 amide bonds. The fourth-order valence-electron chi connectivity index (χ4n) is 1.71. The van der Waals surface area contributed by atoms with E-state index in [2.05, 4.69) is 10.4 Å². The fraction of sp³-hybridized carbons (Fsp3) is 0.615. The third kappa shape index (κ3) is 4.91. The summed E-state index contributed by atoms with van der Waals surface area (Å²) in [6, 6.07) is -0.385. The highest BCUT2D eigenvalue weighted by Crippen LogP contribution is 2.12. The lowest BCUT2D eigenvalue weighted by molar-refractivity contribution is -0.138. The largest absolute Gasteiger partial charge is 0.480 e. The normalized spacial score (nSPS) is 11.2. The number of carbonyl (C=O) groups is 2. The van der Waals surface area contributed by atoms with Crippen molar-refractivity contribution in [2.24, 2.45) is 0 Å². The summed E-state index contributed by atoms with van der Waals surface area (Å²) in [5.74, 6) is -1.03. The molecule has 0 aliphatic heterocycles. The highest BCUT2D eigenvalue weighted by molar-refractivity contribution is 5.80. The molecule has 0 saturated carbocycles. The third-order valence-electron chi connectivity index (χ3n) is 2.73. The number of nitrogens with zero attached hydrogens (tertiary/aromatic N) is 3. The molecule has 0 fully saturated rings. The van der Waals surface area contributed by atoms with Crippen LogP contribution in [0.1, 0.15) is 26.3 Å². The van der Waals surface area contributed by atoms with Crippen LogP contribution in [-0.4, -0.2) is 50.4 Å². The van der Waals surface area contributed by atoms with Crippen molar-refractivity contribution in [3.8, 4) is 0 Å². The third-order valence-corrected chi connectivity index (χ3v) is 2.73. The van der Waals surface area contributed by atoms with Gasteiger partial charge in [-0.25, -0.2) is 4.79 Å². The van der Waals surface area contributed by atoms with Crippen LogP contribution in [0.4, 0.5) is 4.79 Å². The van der Waals surface area contributed by atoms with Crippen LogP contribution in [0, 0.1) is 6.92 Å². The van der Waals surface area contributed by atoms with Crippen LogP contribution < -0.4 is 5.32 Å². The lowest BCUT2D eigenvalue weighted by atomic mass is 10.1. The van der Waals surface area contributed by atoms with Gasteiger partial charge in [0.05, 0.1) is 12.7 Å². The number of hydrogen-bond donors (Lipinski definition) is 2. The Morgan fingerprint density at radius 3 is 2.55 bits per heavy atom. The molecule has 0 spiro atoms. The molecule has 0 aliphatic rings. The van der Waals surface area contributed by atoms with Gasteiger partial charge in [-0.2, -0.15) is 5.10 Å². The Balaban J connectivity index is 2.52. The summed E-state index contributed by atoms with van der Waals surface area (Å²) in [6.45, 7) is 7.95. The van der Waals surface area contributed by atoms with Crippen molar-refractivity contribution >= 4 is 12.0 Å². The zero-order valence-corrected chi connectivity index (χ0v) is 12.4. The van der Waals surface area contributed by atoms with E-state index in [9.17, 15) is 9.59 Å². The van der Waals surface area contributed by atoms with E-state index in [1.165, 1.54) is 4.90 Å². The van der Waals surface area contributed by atoms with E-state index < -0.39 is 11.5 Å². The number of rotatable bonds is 5. The molecule has 2 N–H and O–H groups in total. The Kier molecular flexibility index (Phi) is 5.12. The van der Waals surface area contributed by atoms with E-state index >= 15 is 0 Å². The van der Waals surface area contributed by atoms with Gasteiger partial charge >= 0.3 is 12.0 Å². The Morgan fingerprint density at radius 2 is 2.10 bits per heavy atom. The first kappa shape index (κ1) is 16.0. The molecule has 112 valence electrons. The smallest absolute Gasteiger partial charge is 0.323 e. The van der Waals surface area contributed by atoms with Crippen LogP contribution in [0.15, 0.2) is 12.4 Å². The Bertz CT molecular complexity index is 476. The maximum atomic E-state index is 12.0. The zero-order chi connectivity index (χ0) is 15.3. The summed E-state index contributed by atoms with van der Waals surface area (Å²) >= 11 is 0. The Labute approximate surface area is 118 Å². The summed E-state index contributed by atoms with van der Waals surface area (Å²) in [7, 11) is 0. The van der Waals surface area contributed by atoms with Gasteiger partial charge in [0.1, 0.15) is 6.54 Å². The van der Waals surface area contributed by atoms with E-state index in [0.29, 0.717) is 13.1 Å². The number of carbonyl (C=O) groups excluding carboxylic acids is 1. The van der Waals surface area contributed by atoms with E-state index in [-0.39, 0.29) is 12.6 Å². The molecular formula is C13H22N4O3. The number of aryl methyl sites for hydroxylation is 1. The molecule has 7 nitrogen and oxygen atoms in total. The maximum Gasteiger partial charge on any atom is 0.323 e. The second-order valence-corrected chi connectivity index (χ2v) is 5.66. The number of aromatic nitrogens is 2. The van der Waals surface area contributed by atoms with Crippen LogP contribution in [0.2, 0.25) is 0 Å². The standard InChI is InChI=1S/C13H22N4O3/c1-10-7-15-16(8-10)6-5-14-12(20)17(9-11(18)19)13(2,3)4/h7-8H,5-6,9H2,1-4H3,(H,14,20)(H,18,19). The molecule has 0 saturated heterocycles. The van der Waals surface area contributed by atoms with Gasteiger partial charge in [-0.05, 0) is 33.3 Å². The fourth-order valence-corrected chi connectivity index (χ4v) is 1.71. The first-order chi connectivity index (χ1) is 9.20. The molecule has 0 radical (unpaired) electrons. The number of carboxylic acids is 1. The second kappa shape index (κ2) is 6.40. The quantitative estimate of drug-likeness (QED) is 0.846. The number of amides is 2. The summed E-state index contributed by atoms with van der Waals surface area (Å²) in [6.07, 6.45) is 3.62. The minimum atomic E-state index is -1.03. The molecule has 0 bridgehead atoms. The average Bonchev–Trinajstić information content (AvgIpc) is 2.70. The molecule has 7 heteroatoms. The zero-order valence-electron chi connectivity index (χ0n) is 12.4. The van der Waals surface area contributed by atoms with E-state index in [4.69, 9.17) is 5.11 Å². The van der Waals surface area contributed by atoms with Gasteiger partial charge in [0.25, 0.3) is 0 Å². The number of urea groups is 1. The molecule has 20 heavy (non-hydrogen) atoms. The van der Waals surface area contributed by atoms with E-state index in [1.807, 2.05) is 13.1 Å². The van der Waals surface area contributed by atoms with Crippen molar-refractivity contribution in [1.29, 1.82) is 0 Å². The van der Waals surface area contributed by atoms with Gasteiger partial charge in [-0.3, -0.25) is 9.48 Å². The van der Waals surface area contributed by atoms with Crippen LogP contribution in [0.3, 0.4) is 0 Å². The van der Waals surface area contributed by atoms with Crippen LogP contribution >= 0.6 is 0 Å². The highest BCUT2D eigenvalue weighted by Gasteiger charge is 2.28. The molecule has 1 aromatic heterocycles. The van der Waals surface area contributed by atoms with Crippen LogP contribution in [0.25, 0.3) is 0 Å². The predicted octanol–water partition coefficient (Wildman–Crippen LogP) is 1.09. The van der Waals surface area contributed by atoms with Gasteiger partial charge in [0.15, 0.2) is 0 Å². The molecule has 0 unspecified atom stereocenters. The van der Waals surface area contributed by atoms with Crippen molar-refractivity contribution in [3.05, 3.63) is 18.0 Å². The molecule has 1 heterocycles. The summed E-state index contributed by atoms with van der Waals surface area (Å²) in [5.41, 5.74) is 0.503. The molecular weight excluding hydrogens is 260 g/mol. The van der Waals surface area contributed by atoms with Gasteiger partial charge in [-0.15, -0.1) is 0 Å². The van der Waals surface area contributed by atoms with E-state index in [1.54, 1.807) is 31.6 Å². The number of aliphatic carboxylic acids is 1. The summed E-state index contributed by atoms with van der Waals surface area (Å²) < 4.78 is 1.73. The van der Waals surface area contributed by atoms with Gasteiger partial charge < -0.3 is 15.3 Å². The highest BCUT2D eigenvalue weighted by atomic mass is 16.4. The van der Waals surface area contributed by atoms with Crippen molar-refractivity contribution < 1.29 is 14.7 Å². The van der Waals surface area contributed by atoms with Crippen molar-refractivity contribution in [2.45, 2.75) is 39.8 Å². The summed E-state index contributed by atoms with van der Waals surface area (Å²) in [5, 5.41) is 15.7. The molecule has 1 aromatic rings. The number of carboxylic acid groups (broad SMARTS) is 1. The molecule has 0 atom stereocenters. The van der Waals surface area contributed by atoms with Crippen LogP contribution in [0.5, 0.6) is 0 Å². The number of hydrogen-bond acceptors (Lipinski definition) is 3. The van der Waals surface area contributed by atoms with E-state index in [0.717, 1.165) is 5.56 Å². The van der Waals surface area contributed by atoms with Crippen molar-refractivity contribution in [3.63, 3.8) is 0 Å². The minimum Gasteiger partial charge on any atom is -0.480 e. The first-order valence-corrected chi connectivity index (χ1v) is 6.46. The molecule has 0 aromatic carbocycles. The molecule has 1 rings (SSSR count). The summed E-state index contributed by atoms with van der Waals surface area (Å²) in [4.78, 5) is 24.2. The second-order valence-electron chi connectivity index (χ2n) is 5.66. The SMILES string of the molecule is Cc1cnn(CCNC(=O)N(CC(=O)O)C(C)(C)C)c1.